The Bertz CT molecular complexity index is 429. The van der Waals surface area contributed by atoms with Crippen LogP contribution in [0, 0.1) is 0 Å². The summed E-state index contributed by atoms with van der Waals surface area (Å²) in [7, 11) is -1.25. The van der Waals surface area contributed by atoms with E-state index in [0.717, 1.165) is 5.02 Å². The van der Waals surface area contributed by atoms with Crippen molar-refractivity contribution in [1.29, 1.82) is 0 Å². The van der Waals surface area contributed by atoms with Gasteiger partial charge in [0.05, 0.1) is 8.07 Å². The van der Waals surface area contributed by atoms with Crippen LogP contribution in [-0.2, 0) is 0 Å². The first-order chi connectivity index (χ1) is 7.42. The lowest BCUT2D eigenvalue weighted by atomic mass is 10.1. The Labute approximate surface area is 104 Å². The summed E-state index contributed by atoms with van der Waals surface area (Å²) in [4.78, 5) is 0. The molecule has 1 rings (SSSR count). The normalized spacial score (nSPS) is 12.1. The monoisotopic (exact) mass is 248 g/mol. The van der Waals surface area contributed by atoms with Gasteiger partial charge in [-0.25, -0.2) is 0 Å². The van der Waals surface area contributed by atoms with Gasteiger partial charge in [-0.1, -0.05) is 55.7 Å². The van der Waals surface area contributed by atoms with E-state index < -0.39 is 8.07 Å². The first-order valence-corrected chi connectivity index (χ1v) is 9.22. The van der Waals surface area contributed by atoms with Crippen molar-refractivity contribution < 1.29 is 0 Å². The summed E-state index contributed by atoms with van der Waals surface area (Å²) < 4.78 is 0. The number of benzene rings is 1. The highest BCUT2D eigenvalue weighted by Gasteiger charge is 2.10. The van der Waals surface area contributed by atoms with Crippen LogP contribution in [0.25, 0.3) is 5.57 Å². The van der Waals surface area contributed by atoms with Gasteiger partial charge in [0, 0.05) is 5.02 Å². The summed E-state index contributed by atoms with van der Waals surface area (Å²) >= 11 is 5.88. The summed E-state index contributed by atoms with van der Waals surface area (Å²) in [6.45, 7) is 10.6. The lowest BCUT2D eigenvalue weighted by Gasteiger charge is -2.12. The molecular weight excluding hydrogens is 232 g/mol. The second-order valence-electron chi connectivity index (χ2n) is 4.82. The van der Waals surface area contributed by atoms with Gasteiger partial charge in [-0.2, -0.15) is 0 Å². The van der Waals surface area contributed by atoms with Gasteiger partial charge >= 0.3 is 0 Å². The van der Waals surface area contributed by atoms with Crippen molar-refractivity contribution >= 4 is 25.2 Å². The van der Waals surface area contributed by atoms with Crippen molar-refractivity contribution in [2.45, 2.75) is 19.6 Å². The molecule has 0 aliphatic rings. The molecule has 0 saturated heterocycles. The fraction of sp³-hybridized carbons (Fsp3) is 0.214. The highest BCUT2D eigenvalue weighted by atomic mass is 35.5. The third kappa shape index (κ3) is 4.24. The highest BCUT2D eigenvalue weighted by Crippen LogP contribution is 2.21. The molecule has 0 N–H and O–H groups in total. The third-order valence-corrected chi connectivity index (χ3v) is 3.45. The minimum atomic E-state index is -1.25. The van der Waals surface area contributed by atoms with Crippen LogP contribution in [0.5, 0.6) is 0 Å². The first kappa shape index (κ1) is 13.1. The van der Waals surface area contributed by atoms with Crippen molar-refractivity contribution in [3.8, 4) is 0 Å². The molecule has 0 spiro atoms. The van der Waals surface area contributed by atoms with Crippen LogP contribution in [0.1, 0.15) is 5.56 Å². The number of rotatable bonds is 3. The third-order valence-electron chi connectivity index (χ3n) is 2.02. The van der Waals surface area contributed by atoms with Crippen molar-refractivity contribution in [2.75, 3.05) is 0 Å². The van der Waals surface area contributed by atoms with Gasteiger partial charge in [0.1, 0.15) is 0 Å². The van der Waals surface area contributed by atoms with Crippen LogP contribution < -0.4 is 0 Å². The number of hydrogen-bond donors (Lipinski definition) is 0. The van der Waals surface area contributed by atoms with E-state index in [-0.39, 0.29) is 0 Å². The van der Waals surface area contributed by atoms with Gasteiger partial charge in [0.15, 0.2) is 0 Å². The Morgan fingerprint density at radius 1 is 1.25 bits per heavy atom. The van der Waals surface area contributed by atoms with Crippen LogP contribution in [0.4, 0.5) is 0 Å². The van der Waals surface area contributed by atoms with Gasteiger partial charge in [-0.3, -0.25) is 0 Å². The Balaban J connectivity index is 3.18. The molecule has 1 aromatic rings. The molecular formula is C14H17ClSi. The Morgan fingerprint density at radius 2 is 1.81 bits per heavy atom. The number of allylic oxidation sites excluding steroid dienone is 2. The largest absolute Gasteiger partial charge is 0.128 e. The topological polar surface area (TPSA) is 0 Å². The average Bonchev–Trinajstić information content (AvgIpc) is 2.16. The van der Waals surface area contributed by atoms with Crippen LogP contribution in [0.15, 0.2) is 48.4 Å². The molecule has 0 radical (unpaired) electrons. The summed E-state index contributed by atoms with van der Waals surface area (Å²) in [5, 5.41) is 0.763. The number of hydrogen-bond acceptors (Lipinski definition) is 0. The maximum atomic E-state index is 5.88. The molecule has 0 unspecified atom stereocenters. The molecule has 0 atom stereocenters. The predicted molar refractivity (Wildman–Crippen MR) is 76.5 cm³/mol. The Kier molecular flexibility index (Phi) is 4.37. The van der Waals surface area contributed by atoms with E-state index in [0.29, 0.717) is 0 Å². The highest BCUT2D eigenvalue weighted by molar-refractivity contribution is 6.81. The predicted octanol–water partition coefficient (Wildman–Crippen LogP) is 4.94. The van der Waals surface area contributed by atoms with Crippen molar-refractivity contribution in [1.82, 2.24) is 0 Å². The quantitative estimate of drug-likeness (QED) is 0.404. The lowest BCUT2D eigenvalue weighted by Crippen LogP contribution is -2.16. The fourth-order valence-corrected chi connectivity index (χ4v) is 2.74. The van der Waals surface area contributed by atoms with Crippen LogP contribution in [-0.4, -0.2) is 8.07 Å². The first-order valence-electron chi connectivity index (χ1n) is 5.27. The second-order valence-corrected chi connectivity index (χ2v) is 10.3. The molecule has 0 heterocycles. The van der Waals surface area contributed by atoms with Crippen molar-refractivity contribution in [3.05, 3.63) is 58.9 Å². The second kappa shape index (κ2) is 5.36. The standard InChI is InChI=1S/C14H17ClSi/c1-5-6-13(11-16(2,3)4)12-7-9-14(15)10-8-12/h6-11H,1H2,2-4H3/b13-11+. The molecule has 0 aromatic heterocycles. The van der Waals surface area contributed by atoms with Gasteiger partial charge in [0.25, 0.3) is 0 Å². The van der Waals surface area contributed by atoms with E-state index in [1.165, 1.54) is 11.1 Å². The van der Waals surface area contributed by atoms with E-state index in [2.05, 4.69) is 37.7 Å². The Morgan fingerprint density at radius 3 is 2.25 bits per heavy atom. The minimum absolute atomic E-state index is 0.763. The SMILES string of the molecule is C=C=C/C(=C\[Si](C)(C)C)c1ccc(Cl)cc1. The smallest absolute Gasteiger partial charge is 0.0695 e. The maximum absolute atomic E-state index is 5.88. The molecule has 2 heteroatoms. The van der Waals surface area contributed by atoms with Gasteiger partial charge in [-0.05, 0) is 29.3 Å². The molecule has 0 aliphatic carbocycles. The number of halogens is 1. The summed E-state index contributed by atoms with van der Waals surface area (Å²) in [5.74, 6) is 0. The fourth-order valence-electron chi connectivity index (χ4n) is 1.43. The maximum Gasteiger partial charge on any atom is 0.0695 e. The molecule has 1 aromatic carbocycles. The zero-order valence-electron chi connectivity index (χ0n) is 10.0. The van der Waals surface area contributed by atoms with Gasteiger partial charge in [-0.15, -0.1) is 5.73 Å². The van der Waals surface area contributed by atoms with Crippen molar-refractivity contribution in [3.63, 3.8) is 0 Å². The molecule has 16 heavy (non-hydrogen) atoms. The lowest BCUT2D eigenvalue weighted by molar-refractivity contribution is 1.62. The molecule has 84 valence electrons. The zero-order valence-corrected chi connectivity index (χ0v) is 11.8. The average molecular weight is 249 g/mol. The molecule has 0 bridgehead atoms. The van der Waals surface area contributed by atoms with E-state index in [9.17, 15) is 0 Å². The van der Waals surface area contributed by atoms with Gasteiger partial charge < -0.3 is 0 Å². The van der Waals surface area contributed by atoms with Crippen LogP contribution in [0.2, 0.25) is 24.7 Å². The molecule has 0 amide bonds. The van der Waals surface area contributed by atoms with E-state index in [1.807, 2.05) is 30.3 Å². The van der Waals surface area contributed by atoms with Crippen molar-refractivity contribution in [2.24, 2.45) is 0 Å². The summed E-state index contributed by atoms with van der Waals surface area (Å²) in [5.41, 5.74) is 7.55. The molecule has 0 saturated carbocycles. The van der Waals surface area contributed by atoms with E-state index >= 15 is 0 Å². The van der Waals surface area contributed by atoms with E-state index in [4.69, 9.17) is 11.6 Å². The molecule has 0 fully saturated rings. The minimum Gasteiger partial charge on any atom is -0.128 e. The zero-order chi connectivity index (χ0) is 12.2. The van der Waals surface area contributed by atoms with Crippen LogP contribution in [0.3, 0.4) is 0 Å². The van der Waals surface area contributed by atoms with Gasteiger partial charge in [0.2, 0.25) is 0 Å². The molecule has 0 nitrogen and oxygen atoms in total. The van der Waals surface area contributed by atoms with Crippen LogP contribution >= 0.6 is 11.6 Å². The molecule has 0 aliphatic heterocycles. The summed E-state index contributed by atoms with van der Waals surface area (Å²) in [6.07, 6.45) is 1.93. The Hall–Kier alpha value is -1.01. The summed E-state index contributed by atoms with van der Waals surface area (Å²) in [6, 6.07) is 7.88. The van der Waals surface area contributed by atoms with E-state index in [1.54, 1.807) is 0 Å².